The molecule has 1 unspecified atom stereocenters. The molecule has 13 heteroatoms. The van der Waals surface area contributed by atoms with E-state index in [0.717, 1.165) is 10.0 Å². The van der Waals surface area contributed by atoms with Crippen LogP contribution in [0.25, 0.3) is 16.9 Å². The highest BCUT2D eigenvalue weighted by molar-refractivity contribution is 9.10. The predicted octanol–water partition coefficient (Wildman–Crippen LogP) is 5.64. The molecule has 4 rings (SSSR count). The number of nitrogens with one attached hydrogen (secondary N) is 1. The largest absolute Gasteiger partial charge is 0.357 e. The normalized spacial score (nSPS) is 12.7. The first-order valence-corrected chi connectivity index (χ1v) is 16.2. The number of nitrogens with two attached hydrogens (primary N) is 1. The van der Waals surface area contributed by atoms with Crippen LogP contribution in [0.1, 0.15) is 35.7 Å². The molecule has 40 heavy (non-hydrogen) atoms. The smallest absolute Gasteiger partial charge is 0.333 e. The summed E-state index contributed by atoms with van der Waals surface area (Å²) in [4.78, 5) is 13.6. The third-order valence-corrected chi connectivity index (χ3v) is 9.56. The van der Waals surface area contributed by atoms with Crippen molar-refractivity contribution in [2.24, 2.45) is 5.14 Å². The molecule has 1 aromatic heterocycles. The fourth-order valence-electron chi connectivity index (χ4n) is 4.02. The van der Waals surface area contributed by atoms with Gasteiger partial charge in [0.25, 0.3) is 5.91 Å². The van der Waals surface area contributed by atoms with Crippen LogP contribution in [-0.2, 0) is 23.6 Å². The molecule has 0 aliphatic heterocycles. The van der Waals surface area contributed by atoms with E-state index in [2.05, 4.69) is 26.3 Å². The number of nitrogens with zero attached hydrogens (tertiary/aromatic N) is 2. The van der Waals surface area contributed by atoms with Crippen molar-refractivity contribution in [2.75, 3.05) is 13.2 Å². The molecule has 0 bridgehead atoms. The van der Waals surface area contributed by atoms with Crippen LogP contribution in [0.5, 0.6) is 0 Å². The van der Waals surface area contributed by atoms with Gasteiger partial charge in [-0.2, -0.15) is 5.10 Å². The lowest BCUT2D eigenvalue weighted by Crippen LogP contribution is -2.30. The number of sulfonamides is 1. The summed E-state index contributed by atoms with van der Waals surface area (Å²) in [5, 5.41) is 12.6. The zero-order valence-corrected chi connectivity index (χ0v) is 25.0. The predicted molar refractivity (Wildman–Crippen MR) is 156 cm³/mol. The van der Waals surface area contributed by atoms with Gasteiger partial charge in [-0.15, -0.1) is 0 Å². The van der Waals surface area contributed by atoms with E-state index in [1.54, 1.807) is 56.3 Å². The number of amides is 1. The Balaban J connectivity index is 1.78. The van der Waals surface area contributed by atoms with E-state index < -0.39 is 29.3 Å². The molecule has 0 spiro atoms. The number of hydrogen-bond donors (Lipinski definition) is 2. The maximum absolute atomic E-state index is 13.8. The Kier molecular flexibility index (Phi) is 9.40. The Morgan fingerprint density at radius 1 is 1.00 bits per heavy atom. The van der Waals surface area contributed by atoms with Crippen LogP contribution in [-0.4, -0.2) is 37.3 Å². The number of benzene rings is 3. The van der Waals surface area contributed by atoms with E-state index in [-0.39, 0.29) is 23.8 Å². The zero-order valence-electron chi connectivity index (χ0n) is 21.7. The second kappa shape index (κ2) is 12.6. The molecule has 0 radical (unpaired) electrons. The molecule has 1 heterocycles. The average Bonchev–Trinajstić information content (AvgIpc) is 3.38. The van der Waals surface area contributed by atoms with Crippen molar-refractivity contribution in [3.05, 3.63) is 101 Å². The van der Waals surface area contributed by atoms with E-state index >= 15 is 0 Å². The van der Waals surface area contributed by atoms with Crippen molar-refractivity contribution >= 4 is 39.5 Å². The quantitative estimate of drug-likeness (QED) is 0.201. The second-order valence-corrected chi connectivity index (χ2v) is 13.1. The minimum absolute atomic E-state index is 0.0360. The monoisotopic (exact) mass is 646 g/mol. The fraction of sp³-hybridized carbons (Fsp3) is 0.185. The third kappa shape index (κ3) is 6.77. The van der Waals surface area contributed by atoms with Gasteiger partial charge in [-0.1, -0.05) is 58.4 Å². The van der Waals surface area contributed by atoms with Gasteiger partial charge in [-0.05, 0) is 61.9 Å². The summed E-state index contributed by atoms with van der Waals surface area (Å²) in [6, 6.07) is 23.6. The molecule has 1 atom stereocenters. The van der Waals surface area contributed by atoms with Crippen LogP contribution in [0.3, 0.4) is 0 Å². The van der Waals surface area contributed by atoms with Crippen molar-refractivity contribution < 1.29 is 26.8 Å². The summed E-state index contributed by atoms with van der Waals surface area (Å²) in [6.07, 6.45) is 0. The Morgan fingerprint density at radius 2 is 1.60 bits per heavy atom. The molecule has 210 valence electrons. The maximum Gasteiger partial charge on any atom is 0.357 e. The molecular formula is C27H28BrN4O6PS. The zero-order chi connectivity index (χ0) is 28.9. The molecule has 0 aliphatic carbocycles. The van der Waals surface area contributed by atoms with Crippen molar-refractivity contribution in [3.63, 3.8) is 0 Å². The van der Waals surface area contributed by atoms with Gasteiger partial charge in [-0.25, -0.2) is 18.2 Å². The first-order chi connectivity index (χ1) is 19.1. The van der Waals surface area contributed by atoms with Gasteiger partial charge in [0, 0.05) is 10.0 Å². The van der Waals surface area contributed by atoms with Crippen molar-refractivity contribution in [2.45, 2.75) is 24.5 Å². The molecule has 1 amide bonds. The van der Waals surface area contributed by atoms with Crippen molar-refractivity contribution in [1.29, 1.82) is 0 Å². The molecule has 3 N–H and O–H groups in total. The summed E-state index contributed by atoms with van der Waals surface area (Å²) in [6.45, 7) is 3.63. The Hall–Kier alpha value is -3.12. The maximum atomic E-state index is 13.8. The number of rotatable bonds is 11. The summed E-state index contributed by atoms with van der Waals surface area (Å²) < 4.78 is 50.8. The number of primary sulfonamides is 1. The van der Waals surface area contributed by atoms with Gasteiger partial charge in [-0.3, -0.25) is 9.36 Å². The van der Waals surface area contributed by atoms with Crippen LogP contribution in [0.15, 0.2) is 94.3 Å². The molecule has 0 fully saturated rings. The molecule has 3 aromatic carbocycles. The number of aromatic nitrogens is 2. The Bertz CT molecular complexity index is 1620. The minimum Gasteiger partial charge on any atom is -0.333 e. The Labute approximate surface area is 241 Å². The highest BCUT2D eigenvalue weighted by Gasteiger charge is 2.38. The van der Waals surface area contributed by atoms with Crippen LogP contribution >= 0.6 is 23.5 Å². The van der Waals surface area contributed by atoms with Crippen LogP contribution in [0.4, 0.5) is 0 Å². The van der Waals surface area contributed by atoms with E-state index in [1.807, 2.05) is 30.3 Å². The SMILES string of the molecule is CCOP(=O)(OCC)C(NC(=O)c1cc(-c2ccc(Br)cc2)n(-c2ccc(S(N)(=O)=O)cc2)n1)c1ccccc1. The number of hydrogen-bond acceptors (Lipinski definition) is 7. The van der Waals surface area contributed by atoms with Crippen LogP contribution in [0.2, 0.25) is 0 Å². The van der Waals surface area contributed by atoms with E-state index in [1.165, 1.54) is 16.8 Å². The first-order valence-electron chi connectivity index (χ1n) is 12.3. The van der Waals surface area contributed by atoms with Gasteiger partial charge < -0.3 is 14.4 Å². The van der Waals surface area contributed by atoms with E-state index in [9.17, 15) is 17.8 Å². The molecule has 0 saturated heterocycles. The fourth-order valence-corrected chi connectivity index (χ4v) is 6.70. The lowest BCUT2D eigenvalue weighted by molar-refractivity contribution is 0.0931. The average molecular weight is 647 g/mol. The summed E-state index contributed by atoms with van der Waals surface area (Å²) in [5.41, 5.74) is 2.40. The van der Waals surface area contributed by atoms with Crippen molar-refractivity contribution in [3.8, 4) is 16.9 Å². The molecule has 4 aromatic rings. The third-order valence-electron chi connectivity index (χ3n) is 5.81. The lowest BCUT2D eigenvalue weighted by Gasteiger charge is -2.27. The number of carbonyl (C=O) groups excluding carboxylic acids is 1. The molecular weight excluding hydrogens is 619 g/mol. The van der Waals surface area contributed by atoms with Gasteiger partial charge in [0.05, 0.1) is 29.5 Å². The molecule has 10 nitrogen and oxygen atoms in total. The minimum atomic E-state index is -3.89. The van der Waals surface area contributed by atoms with Gasteiger partial charge in [0.2, 0.25) is 10.0 Å². The summed E-state index contributed by atoms with van der Waals surface area (Å²) in [7, 11) is -7.70. The first kappa shape index (κ1) is 29.9. The highest BCUT2D eigenvalue weighted by atomic mass is 79.9. The van der Waals surface area contributed by atoms with Crippen LogP contribution in [0, 0.1) is 0 Å². The Morgan fingerprint density at radius 3 is 2.15 bits per heavy atom. The van der Waals surface area contributed by atoms with Crippen molar-refractivity contribution in [1.82, 2.24) is 15.1 Å². The standard InChI is InChI=1S/C27H28BrN4O6PS/c1-3-37-39(34,38-4-2)27(20-8-6-5-7-9-20)30-26(33)24-18-25(19-10-12-21(28)13-11-19)32(31-24)22-14-16-23(17-15-22)40(29,35)36/h5-18,27H,3-4H2,1-2H3,(H,30,33)(H2,29,35,36). The van der Waals surface area contributed by atoms with Crippen LogP contribution < -0.4 is 10.5 Å². The highest BCUT2D eigenvalue weighted by Crippen LogP contribution is 2.59. The van der Waals surface area contributed by atoms with Gasteiger partial charge >= 0.3 is 7.60 Å². The summed E-state index contributed by atoms with van der Waals surface area (Å²) in [5.74, 6) is -1.69. The number of carbonyl (C=O) groups is 1. The lowest BCUT2D eigenvalue weighted by atomic mass is 10.1. The molecule has 0 aliphatic rings. The van der Waals surface area contributed by atoms with Gasteiger partial charge in [0.1, 0.15) is 0 Å². The molecule has 0 saturated carbocycles. The van der Waals surface area contributed by atoms with Gasteiger partial charge in [0.15, 0.2) is 11.5 Å². The summed E-state index contributed by atoms with van der Waals surface area (Å²) >= 11 is 3.42. The second-order valence-electron chi connectivity index (χ2n) is 8.53. The van der Waals surface area contributed by atoms with E-state index in [4.69, 9.17) is 14.2 Å². The number of halogens is 1. The van der Waals surface area contributed by atoms with E-state index in [0.29, 0.717) is 16.9 Å². The topological polar surface area (TPSA) is 143 Å².